The van der Waals surface area contributed by atoms with Crippen LogP contribution < -0.4 is 16.0 Å². The van der Waals surface area contributed by atoms with E-state index in [2.05, 4.69) is 46.3 Å². The third kappa shape index (κ3) is 7.38. The van der Waals surface area contributed by atoms with Crippen LogP contribution in [0.1, 0.15) is 49.2 Å². The second-order valence-corrected chi connectivity index (χ2v) is 7.45. The van der Waals surface area contributed by atoms with Crippen molar-refractivity contribution in [2.45, 2.75) is 46.1 Å². The summed E-state index contributed by atoms with van der Waals surface area (Å²) in [5.41, 5.74) is 2.07. The average Bonchev–Trinajstić information content (AvgIpc) is 3.08. The van der Waals surface area contributed by atoms with Gasteiger partial charge in [0.15, 0.2) is 11.7 Å². The SMILES string of the molecule is C=C(C)CN1CCC(NC(=NCCCNC(=O)c2occc2C)NCC)CC1. The van der Waals surface area contributed by atoms with Gasteiger partial charge in [0.1, 0.15) is 0 Å². The summed E-state index contributed by atoms with van der Waals surface area (Å²) in [4.78, 5) is 19.1. The van der Waals surface area contributed by atoms with Crippen molar-refractivity contribution < 1.29 is 9.21 Å². The Morgan fingerprint density at radius 3 is 2.71 bits per heavy atom. The van der Waals surface area contributed by atoms with Crippen LogP contribution in [0.15, 0.2) is 33.9 Å². The van der Waals surface area contributed by atoms with Gasteiger partial charge >= 0.3 is 0 Å². The first-order valence-electron chi connectivity index (χ1n) is 10.2. The highest BCUT2D eigenvalue weighted by Crippen LogP contribution is 2.11. The third-order valence-electron chi connectivity index (χ3n) is 4.72. The highest BCUT2D eigenvalue weighted by molar-refractivity contribution is 5.92. The molecule has 1 aliphatic heterocycles. The summed E-state index contributed by atoms with van der Waals surface area (Å²) in [5, 5.41) is 9.74. The predicted octanol–water partition coefficient (Wildman–Crippen LogP) is 2.30. The van der Waals surface area contributed by atoms with Crippen molar-refractivity contribution in [2.75, 3.05) is 39.3 Å². The lowest BCUT2D eigenvalue weighted by Crippen LogP contribution is -2.49. The number of hydrogen-bond acceptors (Lipinski definition) is 4. The lowest BCUT2D eigenvalue weighted by atomic mass is 10.0. The zero-order chi connectivity index (χ0) is 20.4. The maximum absolute atomic E-state index is 12.0. The predicted molar refractivity (Wildman–Crippen MR) is 114 cm³/mol. The summed E-state index contributed by atoms with van der Waals surface area (Å²) in [6.45, 7) is 15.2. The van der Waals surface area contributed by atoms with Gasteiger partial charge in [-0.1, -0.05) is 12.2 Å². The lowest BCUT2D eigenvalue weighted by Gasteiger charge is -2.33. The quantitative estimate of drug-likeness (QED) is 0.261. The molecule has 1 fully saturated rings. The van der Waals surface area contributed by atoms with Gasteiger partial charge in [-0.2, -0.15) is 0 Å². The number of nitrogens with zero attached hydrogens (tertiary/aromatic N) is 2. The molecular formula is C21H35N5O2. The molecule has 1 amide bonds. The molecule has 3 N–H and O–H groups in total. The molecule has 7 heteroatoms. The molecule has 0 aliphatic carbocycles. The zero-order valence-corrected chi connectivity index (χ0v) is 17.5. The van der Waals surface area contributed by atoms with Gasteiger partial charge < -0.3 is 20.4 Å². The van der Waals surface area contributed by atoms with Crippen molar-refractivity contribution >= 4 is 11.9 Å². The minimum Gasteiger partial charge on any atom is -0.459 e. The zero-order valence-electron chi connectivity index (χ0n) is 17.5. The molecule has 0 spiro atoms. The Hall–Kier alpha value is -2.28. The van der Waals surface area contributed by atoms with Crippen LogP contribution in [0.25, 0.3) is 0 Å². The molecule has 0 unspecified atom stereocenters. The van der Waals surface area contributed by atoms with E-state index < -0.39 is 0 Å². The van der Waals surface area contributed by atoms with E-state index in [1.54, 1.807) is 6.07 Å². The molecule has 1 aliphatic rings. The molecule has 1 saturated heterocycles. The van der Waals surface area contributed by atoms with Crippen molar-refractivity contribution in [3.63, 3.8) is 0 Å². The molecular weight excluding hydrogens is 354 g/mol. The first kappa shape index (κ1) is 22.0. The molecule has 0 atom stereocenters. The van der Waals surface area contributed by atoms with Crippen molar-refractivity contribution in [1.82, 2.24) is 20.9 Å². The van der Waals surface area contributed by atoms with Gasteiger partial charge in [-0.25, -0.2) is 0 Å². The first-order valence-corrected chi connectivity index (χ1v) is 10.2. The number of aryl methyl sites for hydroxylation is 1. The van der Waals surface area contributed by atoms with E-state index in [0.717, 1.165) is 57.0 Å². The van der Waals surface area contributed by atoms with Crippen molar-refractivity contribution in [2.24, 2.45) is 4.99 Å². The Bertz CT molecular complexity index is 660. The monoisotopic (exact) mass is 389 g/mol. The van der Waals surface area contributed by atoms with E-state index in [0.29, 0.717) is 24.9 Å². The minimum absolute atomic E-state index is 0.168. The second-order valence-electron chi connectivity index (χ2n) is 7.45. The van der Waals surface area contributed by atoms with Gasteiger partial charge in [0.25, 0.3) is 5.91 Å². The smallest absolute Gasteiger partial charge is 0.287 e. The molecule has 28 heavy (non-hydrogen) atoms. The first-order chi connectivity index (χ1) is 13.5. The van der Waals surface area contributed by atoms with Crippen LogP contribution in [0.3, 0.4) is 0 Å². The number of hydrogen-bond donors (Lipinski definition) is 3. The summed E-state index contributed by atoms with van der Waals surface area (Å²) in [7, 11) is 0. The van der Waals surface area contributed by atoms with E-state index in [-0.39, 0.29) is 5.91 Å². The number of likely N-dealkylation sites (tertiary alicyclic amines) is 1. The molecule has 0 bridgehead atoms. The topological polar surface area (TPSA) is 81.9 Å². The van der Waals surface area contributed by atoms with E-state index in [9.17, 15) is 4.79 Å². The van der Waals surface area contributed by atoms with Crippen molar-refractivity contribution in [3.05, 3.63) is 35.8 Å². The van der Waals surface area contributed by atoms with Gasteiger partial charge in [-0.3, -0.25) is 14.7 Å². The van der Waals surface area contributed by atoms with E-state index in [4.69, 9.17) is 4.42 Å². The molecule has 1 aromatic heterocycles. The summed E-state index contributed by atoms with van der Waals surface area (Å²) in [6.07, 6.45) is 4.53. The van der Waals surface area contributed by atoms with Gasteiger partial charge in [-0.15, -0.1) is 0 Å². The number of carbonyl (C=O) groups excluding carboxylic acids is 1. The summed E-state index contributed by atoms with van der Waals surface area (Å²) in [6, 6.07) is 2.23. The molecule has 0 radical (unpaired) electrons. The van der Waals surface area contributed by atoms with E-state index in [1.807, 2.05) is 6.92 Å². The van der Waals surface area contributed by atoms with Crippen LogP contribution in [0.5, 0.6) is 0 Å². The molecule has 156 valence electrons. The van der Waals surface area contributed by atoms with Crippen LogP contribution >= 0.6 is 0 Å². The highest BCUT2D eigenvalue weighted by atomic mass is 16.3. The normalized spacial score (nSPS) is 16.0. The van der Waals surface area contributed by atoms with Crippen molar-refractivity contribution in [3.8, 4) is 0 Å². The summed E-state index contributed by atoms with van der Waals surface area (Å²) < 4.78 is 5.20. The number of guanidine groups is 1. The Balaban J connectivity index is 1.69. The summed E-state index contributed by atoms with van der Waals surface area (Å²) >= 11 is 0. The van der Waals surface area contributed by atoms with E-state index in [1.165, 1.54) is 11.8 Å². The number of amides is 1. The maximum atomic E-state index is 12.0. The Kier molecular flexibility index (Phi) is 9.07. The van der Waals surface area contributed by atoms with Crippen LogP contribution in [0, 0.1) is 6.92 Å². The van der Waals surface area contributed by atoms with Gasteiger partial charge in [0, 0.05) is 50.9 Å². The number of carbonyl (C=O) groups is 1. The molecule has 0 saturated carbocycles. The Morgan fingerprint density at radius 2 is 2.11 bits per heavy atom. The van der Waals surface area contributed by atoms with Crippen molar-refractivity contribution in [1.29, 1.82) is 0 Å². The fraction of sp³-hybridized carbons (Fsp3) is 0.619. The second kappa shape index (κ2) is 11.5. The third-order valence-corrected chi connectivity index (χ3v) is 4.72. The molecule has 0 aromatic carbocycles. The summed E-state index contributed by atoms with van der Waals surface area (Å²) in [5.74, 6) is 1.07. The fourth-order valence-corrected chi connectivity index (χ4v) is 3.29. The number of rotatable bonds is 9. The number of piperidine rings is 1. The maximum Gasteiger partial charge on any atom is 0.287 e. The Labute approximate surface area is 168 Å². The lowest BCUT2D eigenvalue weighted by molar-refractivity contribution is 0.0925. The number of aliphatic imine (C=N–C) groups is 1. The van der Waals surface area contributed by atoms with Crippen LogP contribution in [0.2, 0.25) is 0 Å². The van der Waals surface area contributed by atoms with Gasteiger partial charge in [0.2, 0.25) is 0 Å². The van der Waals surface area contributed by atoms with E-state index >= 15 is 0 Å². The minimum atomic E-state index is -0.168. The number of furan rings is 1. The molecule has 2 heterocycles. The highest BCUT2D eigenvalue weighted by Gasteiger charge is 2.19. The van der Waals surface area contributed by atoms with Crippen LogP contribution in [-0.2, 0) is 0 Å². The standard InChI is InChI=1S/C21H35N5O2/c1-5-22-21(25-18-7-12-26(13-8-18)15-16(2)3)24-11-6-10-23-20(27)19-17(4)9-14-28-19/h9,14,18H,2,5-8,10-13,15H2,1,3-4H3,(H,23,27)(H2,22,24,25). The number of nitrogens with one attached hydrogen (secondary N) is 3. The molecule has 1 aromatic rings. The van der Waals surface area contributed by atoms with Gasteiger partial charge in [-0.05, 0) is 46.1 Å². The van der Waals surface area contributed by atoms with Gasteiger partial charge in [0.05, 0.1) is 6.26 Å². The van der Waals surface area contributed by atoms with Crippen LogP contribution in [-0.4, -0.2) is 62.1 Å². The fourth-order valence-electron chi connectivity index (χ4n) is 3.29. The molecule has 2 rings (SSSR count). The van der Waals surface area contributed by atoms with Crippen LogP contribution in [0.4, 0.5) is 0 Å². The molecule has 7 nitrogen and oxygen atoms in total. The Morgan fingerprint density at radius 1 is 1.36 bits per heavy atom. The largest absolute Gasteiger partial charge is 0.459 e. The average molecular weight is 390 g/mol.